The van der Waals surface area contributed by atoms with Gasteiger partial charge in [-0.3, -0.25) is 4.79 Å². The average molecular weight is 450 g/mol. The Morgan fingerprint density at radius 2 is 1.83 bits per heavy atom. The number of halogens is 3. The second-order valence-electron chi connectivity index (χ2n) is 6.95. The van der Waals surface area contributed by atoms with Gasteiger partial charge < -0.3 is 32.3 Å². The Bertz CT molecular complexity index is 767. The van der Waals surface area contributed by atoms with E-state index in [1.165, 1.54) is 0 Å². The maximum absolute atomic E-state index is 12.9. The molecule has 8 heteroatoms. The van der Waals surface area contributed by atoms with E-state index in [1.807, 2.05) is 0 Å². The first-order valence-corrected chi connectivity index (χ1v) is 9.18. The van der Waals surface area contributed by atoms with Crippen LogP contribution in [0.2, 0.25) is 0 Å². The molecule has 1 aromatic carbocycles. The van der Waals surface area contributed by atoms with E-state index in [0.717, 1.165) is 12.5 Å². The molecule has 0 radical (unpaired) electrons. The van der Waals surface area contributed by atoms with Crippen molar-refractivity contribution in [3.8, 4) is 0 Å². The van der Waals surface area contributed by atoms with Gasteiger partial charge in [-0.25, -0.2) is 4.98 Å². The average Bonchev–Trinajstić information content (AvgIpc) is 2.60. The molecule has 0 aliphatic heterocycles. The van der Waals surface area contributed by atoms with Crippen LogP contribution in [0.3, 0.4) is 0 Å². The van der Waals surface area contributed by atoms with Crippen molar-refractivity contribution in [3.63, 3.8) is 0 Å². The van der Waals surface area contributed by atoms with E-state index in [2.05, 4.69) is 38.0 Å². The van der Waals surface area contributed by atoms with Crippen LogP contribution in [0, 0.1) is 27.2 Å². The Morgan fingerprint density at radius 1 is 1.23 bits per heavy atom. The fourth-order valence-electron chi connectivity index (χ4n) is 2.41. The number of amides is 1. The quantitative estimate of drug-likeness (QED) is 0.505. The molecule has 164 valence electrons. The van der Waals surface area contributed by atoms with Gasteiger partial charge in [0.1, 0.15) is 5.69 Å². The molecule has 0 bridgehead atoms. The van der Waals surface area contributed by atoms with Crippen molar-refractivity contribution in [2.24, 2.45) is 11.7 Å². The molecule has 2 rings (SSSR count). The number of primary amides is 1. The molecule has 0 saturated carbocycles. The van der Waals surface area contributed by atoms with E-state index in [4.69, 9.17) is 5.73 Å². The van der Waals surface area contributed by atoms with E-state index in [1.54, 1.807) is 24.3 Å². The Labute approximate surface area is 221 Å². The molecule has 0 aliphatic rings. The minimum atomic E-state index is -4.47. The van der Waals surface area contributed by atoms with Crippen molar-refractivity contribution in [1.29, 1.82) is 0 Å². The van der Waals surface area contributed by atoms with E-state index in [9.17, 15) is 18.0 Å². The van der Waals surface area contributed by atoms with Crippen molar-refractivity contribution < 1.29 is 69.4 Å². The number of nitrogens with one attached hydrogen (secondary N) is 1. The predicted octanol–water partition coefficient (Wildman–Crippen LogP) is 2.84. The SMILES string of the molecule is CC(C)CCC(N)=O.[CH2-]CCC([CH2-])Nc1cc(C(F)(F)F)nc2ccccc12.[CH3-].[K+]. The van der Waals surface area contributed by atoms with Crippen LogP contribution in [-0.2, 0) is 11.0 Å². The fourth-order valence-corrected chi connectivity index (χ4v) is 2.41. The molecule has 1 aromatic heterocycles. The molecule has 1 heterocycles. The second-order valence-corrected chi connectivity index (χ2v) is 6.95. The van der Waals surface area contributed by atoms with E-state index < -0.39 is 11.9 Å². The number of fused-ring (bicyclic) bond motifs is 1. The summed E-state index contributed by atoms with van der Waals surface area (Å²) < 4.78 is 38.6. The number of carbonyl (C=O) groups is 1. The Kier molecular flexibility index (Phi) is 15.9. The summed E-state index contributed by atoms with van der Waals surface area (Å²) in [5.74, 6) is 0.390. The van der Waals surface area contributed by atoms with E-state index in [-0.39, 0.29) is 70.8 Å². The number of nitrogens with zero attached hydrogens (tertiary/aromatic N) is 1. The van der Waals surface area contributed by atoms with Crippen LogP contribution >= 0.6 is 0 Å². The van der Waals surface area contributed by atoms with Crippen molar-refractivity contribution in [2.75, 3.05) is 5.32 Å². The van der Waals surface area contributed by atoms with Crippen LogP contribution in [0.25, 0.3) is 10.9 Å². The summed E-state index contributed by atoms with van der Waals surface area (Å²) in [4.78, 5) is 13.8. The Balaban J connectivity index is 0. The monoisotopic (exact) mass is 449 g/mol. The number of aromatic nitrogens is 1. The zero-order chi connectivity index (χ0) is 21.3. The molecule has 4 nitrogen and oxygen atoms in total. The van der Waals surface area contributed by atoms with Crippen molar-refractivity contribution in [3.05, 3.63) is 57.3 Å². The van der Waals surface area contributed by atoms with Crippen LogP contribution in [0.4, 0.5) is 18.9 Å². The number of benzene rings is 1. The molecular formula is C22H31F3KN3O-2. The number of carbonyl (C=O) groups excluding carboxylic acids is 1. The Hall–Kier alpha value is -0.674. The van der Waals surface area contributed by atoms with E-state index in [0.29, 0.717) is 41.8 Å². The summed E-state index contributed by atoms with van der Waals surface area (Å²) in [7, 11) is 0. The number of para-hydroxylation sites is 1. The van der Waals surface area contributed by atoms with E-state index >= 15 is 0 Å². The summed E-state index contributed by atoms with van der Waals surface area (Å²) in [5.41, 5.74) is 4.71. The van der Waals surface area contributed by atoms with Gasteiger partial charge in [0, 0.05) is 17.5 Å². The number of hydrogen-bond acceptors (Lipinski definition) is 3. The number of hydrogen-bond donors (Lipinski definition) is 2. The molecule has 3 N–H and O–H groups in total. The number of alkyl halides is 3. The van der Waals surface area contributed by atoms with Crippen molar-refractivity contribution >= 4 is 22.5 Å². The van der Waals surface area contributed by atoms with Gasteiger partial charge in [0.15, 0.2) is 0 Å². The summed E-state index contributed by atoms with van der Waals surface area (Å²) in [5, 5.41) is 3.66. The summed E-state index contributed by atoms with van der Waals surface area (Å²) in [6, 6.07) is 7.57. The second kappa shape index (κ2) is 15.2. The van der Waals surface area contributed by atoms with Gasteiger partial charge in [0.05, 0.1) is 5.52 Å². The van der Waals surface area contributed by atoms with Crippen molar-refractivity contribution in [2.45, 2.75) is 51.7 Å². The van der Waals surface area contributed by atoms with Gasteiger partial charge in [0.2, 0.25) is 5.91 Å². The normalized spacial score (nSPS) is 11.6. The fraction of sp³-hybridized carbons (Fsp3) is 0.409. The number of anilines is 1. The third-order valence-electron chi connectivity index (χ3n) is 3.89. The Morgan fingerprint density at radius 3 is 2.30 bits per heavy atom. The van der Waals surface area contributed by atoms with Gasteiger partial charge in [0.25, 0.3) is 0 Å². The third-order valence-corrected chi connectivity index (χ3v) is 3.89. The molecular weight excluding hydrogens is 418 g/mol. The maximum atomic E-state index is 12.9. The first-order chi connectivity index (χ1) is 13.0. The maximum Gasteiger partial charge on any atom is 1.00 e. The predicted molar refractivity (Wildman–Crippen MR) is 114 cm³/mol. The zero-order valence-corrected chi connectivity index (χ0v) is 21.5. The van der Waals surface area contributed by atoms with Crippen LogP contribution in [-0.4, -0.2) is 16.9 Å². The third kappa shape index (κ3) is 11.6. The molecule has 2 aromatic rings. The van der Waals surface area contributed by atoms with Gasteiger partial charge in [-0.1, -0.05) is 38.5 Å². The molecule has 30 heavy (non-hydrogen) atoms. The molecule has 1 atom stereocenters. The first kappa shape index (κ1) is 31.5. The zero-order valence-electron chi connectivity index (χ0n) is 18.4. The number of nitrogens with two attached hydrogens (primary N) is 1. The molecule has 0 fully saturated rings. The van der Waals surface area contributed by atoms with Crippen LogP contribution in [0.15, 0.2) is 30.3 Å². The van der Waals surface area contributed by atoms with Crippen molar-refractivity contribution in [1.82, 2.24) is 4.98 Å². The summed E-state index contributed by atoms with van der Waals surface area (Å²) >= 11 is 0. The molecule has 0 aliphatic carbocycles. The molecule has 1 amide bonds. The largest absolute Gasteiger partial charge is 1.00 e. The summed E-state index contributed by atoms with van der Waals surface area (Å²) in [6.45, 7) is 11.7. The van der Waals surface area contributed by atoms with Gasteiger partial charge >= 0.3 is 57.6 Å². The minimum absolute atomic E-state index is 0. The number of rotatable bonds is 7. The smallest absolute Gasteiger partial charge is 0.412 e. The van der Waals surface area contributed by atoms with Crippen LogP contribution in [0.5, 0.6) is 0 Å². The first-order valence-electron chi connectivity index (χ1n) is 9.18. The van der Waals surface area contributed by atoms with Gasteiger partial charge in [-0.2, -0.15) is 19.6 Å². The minimum Gasteiger partial charge on any atom is -0.412 e. The standard InChI is InChI=1S/C15H15F3N2.C6H13NO.CH3.K/c1-3-6-10(2)19-13-9-14(15(16,17)18)20-12-8-5-4-7-11(12)13;1-5(2)3-4-6(7)8;;/h4-5,7-10H,1-3,6H2,(H,19,20);5H,3-4H2,1-2H3,(H2,7,8);1H3;/q-2;;-1;+1. The summed E-state index contributed by atoms with van der Waals surface area (Å²) in [6.07, 6.45) is -1.69. The van der Waals surface area contributed by atoms with Crippen LogP contribution in [0.1, 0.15) is 45.2 Å². The van der Waals surface area contributed by atoms with Gasteiger partial charge in [-0.15, -0.1) is 6.04 Å². The van der Waals surface area contributed by atoms with Gasteiger partial charge in [-0.05, 0) is 24.5 Å². The molecule has 0 spiro atoms. The topological polar surface area (TPSA) is 68.0 Å². The van der Waals surface area contributed by atoms with Crippen LogP contribution < -0.4 is 62.4 Å². The molecule has 0 saturated heterocycles. The number of pyridine rings is 1. The molecule has 1 unspecified atom stereocenters.